The van der Waals surface area contributed by atoms with E-state index < -0.39 is 0 Å². The molecule has 2 heterocycles. The topological polar surface area (TPSA) is 103 Å². The summed E-state index contributed by atoms with van der Waals surface area (Å²) >= 11 is 0. The highest BCUT2D eigenvalue weighted by atomic mass is 16.2. The van der Waals surface area contributed by atoms with Gasteiger partial charge in [0.25, 0.3) is 0 Å². The van der Waals surface area contributed by atoms with E-state index in [9.17, 15) is 10.1 Å². The third-order valence-electron chi connectivity index (χ3n) is 4.86. The van der Waals surface area contributed by atoms with E-state index >= 15 is 0 Å². The first-order chi connectivity index (χ1) is 13.7. The summed E-state index contributed by atoms with van der Waals surface area (Å²) in [7, 11) is 0. The van der Waals surface area contributed by atoms with Crippen LogP contribution in [-0.2, 0) is 14.4 Å². The van der Waals surface area contributed by atoms with Gasteiger partial charge in [0.2, 0.25) is 5.91 Å². The van der Waals surface area contributed by atoms with Crippen LogP contribution in [0.15, 0.2) is 36.5 Å². The Labute approximate surface area is 163 Å². The smallest absolute Gasteiger partial charge is 0.370 e. The first kappa shape index (κ1) is 19.3. The van der Waals surface area contributed by atoms with Gasteiger partial charge in [-0.15, -0.1) is 0 Å². The van der Waals surface area contributed by atoms with E-state index in [0.717, 1.165) is 42.7 Å². The van der Waals surface area contributed by atoms with Crippen LogP contribution in [0.2, 0.25) is 0 Å². The Morgan fingerprint density at radius 3 is 2.43 bits per heavy atom. The van der Waals surface area contributed by atoms with Gasteiger partial charge >= 0.3 is 6.15 Å². The van der Waals surface area contributed by atoms with Crippen molar-refractivity contribution in [1.29, 1.82) is 5.26 Å². The summed E-state index contributed by atoms with van der Waals surface area (Å²) in [5, 5.41) is 12.4. The Morgan fingerprint density at radius 1 is 1.11 bits per heavy atom. The molecule has 2 aliphatic rings. The Kier molecular flexibility index (Phi) is 6.15. The van der Waals surface area contributed by atoms with Crippen molar-refractivity contribution in [2.24, 2.45) is 5.92 Å². The molecule has 28 heavy (non-hydrogen) atoms. The third kappa shape index (κ3) is 4.61. The summed E-state index contributed by atoms with van der Waals surface area (Å²) in [6.07, 6.45) is 6.24. The van der Waals surface area contributed by atoms with E-state index in [1.54, 1.807) is 6.20 Å². The first-order valence-corrected chi connectivity index (χ1v) is 9.22. The fraction of sp³-hybridized carbons (Fsp3) is 0.333. The quantitative estimate of drug-likeness (QED) is 0.880. The Balaban J connectivity index is 0.000000706. The molecule has 0 unspecified atom stereocenters. The number of rotatable bonds is 4. The molecule has 1 amide bonds. The Morgan fingerprint density at radius 2 is 1.79 bits per heavy atom. The SMILES string of the molecule is N#Cc1cc(-c2ccnc(NC(=O)C3CC3)c2)ccc1N1CCCC1.O=C=O. The zero-order valence-corrected chi connectivity index (χ0v) is 15.4. The number of hydrogen-bond acceptors (Lipinski definition) is 6. The number of benzene rings is 1. The van der Waals surface area contributed by atoms with Gasteiger partial charge in [0.1, 0.15) is 11.9 Å². The molecule has 1 saturated heterocycles. The van der Waals surface area contributed by atoms with Gasteiger partial charge in [0.05, 0.1) is 11.3 Å². The second-order valence-electron chi connectivity index (χ2n) is 6.81. The maximum Gasteiger partial charge on any atom is 0.373 e. The number of nitriles is 1. The number of pyridine rings is 1. The van der Waals surface area contributed by atoms with Crippen LogP contribution >= 0.6 is 0 Å². The van der Waals surface area contributed by atoms with Crippen molar-refractivity contribution < 1.29 is 14.4 Å². The van der Waals surface area contributed by atoms with Crippen LogP contribution in [0.4, 0.5) is 11.5 Å². The van der Waals surface area contributed by atoms with Crippen LogP contribution in [0.5, 0.6) is 0 Å². The number of nitrogens with one attached hydrogen (secondary N) is 1. The van der Waals surface area contributed by atoms with Crippen molar-refractivity contribution in [3.8, 4) is 17.2 Å². The summed E-state index contributed by atoms with van der Waals surface area (Å²) < 4.78 is 0. The molecule has 0 bridgehead atoms. The molecule has 0 radical (unpaired) electrons. The lowest BCUT2D eigenvalue weighted by atomic mass is 10.0. The summed E-state index contributed by atoms with van der Waals surface area (Å²) in [4.78, 5) is 34.7. The van der Waals surface area contributed by atoms with Crippen LogP contribution in [-0.4, -0.2) is 30.1 Å². The summed E-state index contributed by atoms with van der Waals surface area (Å²) in [6.45, 7) is 2.03. The zero-order valence-electron chi connectivity index (χ0n) is 15.4. The van der Waals surface area contributed by atoms with E-state index in [0.29, 0.717) is 11.4 Å². The van der Waals surface area contributed by atoms with Gasteiger partial charge < -0.3 is 10.2 Å². The predicted molar refractivity (Wildman–Crippen MR) is 102 cm³/mol. The van der Waals surface area contributed by atoms with Crippen molar-refractivity contribution in [3.05, 3.63) is 42.1 Å². The highest BCUT2D eigenvalue weighted by molar-refractivity contribution is 5.93. The molecule has 1 N–H and O–H groups in total. The summed E-state index contributed by atoms with van der Waals surface area (Å²) in [5.41, 5.74) is 3.62. The number of hydrogen-bond donors (Lipinski definition) is 1. The second-order valence-corrected chi connectivity index (χ2v) is 6.81. The third-order valence-corrected chi connectivity index (χ3v) is 4.86. The molecule has 1 aliphatic heterocycles. The van der Waals surface area contributed by atoms with Crippen molar-refractivity contribution >= 4 is 23.6 Å². The maximum absolute atomic E-state index is 11.9. The number of aromatic nitrogens is 1. The summed E-state index contributed by atoms with van der Waals surface area (Å²) in [6, 6.07) is 12.1. The lowest BCUT2D eigenvalue weighted by molar-refractivity contribution is -0.191. The molecular formula is C21H20N4O3. The molecule has 1 aromatic carbocycles. The van der Waals surface area contributed by atoms with E-state index in [1.807, 2.05) is 30.3 Å². The first-order valence-electron chi connectivity index (χ1n) is 9.22. The highest BCUT2D eigenvalue weighted by Gasteiger charge is 2.29. The summed E-state index contributed by atoms with van der Waals surface area (Å²) in [5.74, 6) is 0.763. The molecule has 0 spiro atoms. The molecule has 1 saturated carbocycles. The van der Waals surface area contributed by atoms with Gasteiger partial charge in [0, 0.05) is 25.2 Å². The van der Waals surface area contributed by atoms with Crippen molar-refractivity contribution in [3.63, 3.8) is 0 Å². The van der Waals surface area contributed by atoms with Crippen LogP contribution < -0.4 is 10.2 Å². The molecule has 0 atom stereocenters. The molecule has 142 valence electrons. The van der Waals surface area contributed by atoms with E-state index in [2.05, 4.69) is 21.3 Å². The molecule has 1 aliphatic carbocycles. The second kappa shape index (κ2) is 8.94. The van der Waals surface area contributed by atoms with Gasteiger partial charge in [-0.1, -0.05) is 6.07 Å². The molecule has 4 rings (SSSR count). The molecule has 2 fully saturated rings. The van der Waals surface area contributed by atoms with Crippen molar-refractivity contribution in [2.75, 3.05) is 23.3 Å². The van der Waals surface area contributed by atoms with Gasteiger partial charge in [0.15, 0.2) is 0 Å². The molecule has 1 aromatic heterocycles. The van der Waals surface area contributed by atoms with Crippen LogP contribution in [0.25, 0.3) is 11.1 Å². The van der Waals surface area contributed by atoms with Crippen LogP contribution in [0, 0.1) is 17.2 Å². The number of amides is 1. The van der Waals surface area contributed by atoms with Crippen molar-refractivity contribution in [2.45, 2.75) is 25.7 Å². The monoisotopic (exact) mass is 376 g/mol. The highest BCUT2D eigenvalue weighted by Crippen LogP contribution is 2.32. The number of carbonyl (C=O) groups is 1. The van der Waals surface area contributed by atoms with E-state index in [-0.39, 0.29) is 18.0 Å². The molecular weight excluding hydrogens is 356 g/mol. The number of carbonyl (C=O) groups excluding carboxylic acids is 3. The minimum Gasteiger partial charge on any atom is -0.370 e. The Bertz CT molecular complexity index is 935. The predicted octanol–water partition coefficient (Wildman–Crippen LogP) is 2.99. The molecule has 7 nitrogen and oxygen atoms in total. The average molecular weight is 376 g/mol. The van der Waals surface area contributed by atoms with Gasteiger partial charge in [-0.3, -0.25) is 4.79 Å². The van der Waals surface area contributed by atoms with Gasteiger partial charge in [-0.05, 0) is 61.1 Å². The minimum atomic E-state index is 0.0479. The maximum atomic E-state index is 11.9. The molecule has 2 aromatic rings. The van der Waals surface area contributed by atoms with Gasteiger partial charge in [-0.2, -0.15) is 14.9 Å². The lowest BCUT2D eigenvalue weighted by Gasteiger charge is -2.19. The largest absolute Gasteiger partial charge is 0.373 e. The number of nitrogens with zero attached hydrogens (tertiary/aromatic N) is 3. The van der Waals surface area contributed by atoms with Gasteiger partial charge in [-0.25, -0.2) is 4.98 Å². The Hall–Kier alpha value is -3.49. The lowest BCUT2D eigenvalue weighted by Crippen LogP contribution is -2.18. The minimum absolute atomic E-state index is 0.0479. The van der Waals surface area contributed by atoms with Crippen LogP contribution in [0.1, 0.15) is 31.2 Å². The zero-order chi connectivity index (χ0) is 19.9. The molecule has 7 heteroatoms. The van der Waals surface area contributed by atoms with E-state index in [1.165, 1.54) is 12.8 Å². The van der Waals surface area contributed by atoms with E-state index in [4.69, 9.17) is 9.59 Å². The van der Waals surface area contributed by atoms with Crippen LogP contribution in [0.3, 0.4) is 0 Å². The normalized spacial score (nSPS) is 15.0. The van der Waals surface area contributed by atoms with Crippen molar-refractivity contribution in [1.82, 2.24) is 4.98 Å². The fourth-order valence-electron chi connectivity index (χ4n) is 3.29. The fourth-order valence-corrected chi connectivity index (χ4v) is 3.29. The number of anilines is 2. The average Bonchev–Trinajstić information content (AvgIpc) is 3.43. The standard InChI is InChI=1S/C20H20N4O.CO2/c21-13-17-11-15(5-6-18(17)24-9-1-2-10-24)16-7-8-22-19(12-16)23-20(25)14-3-4-14;2-1-3/h5-8,11-12,14H,1-4,9-10H2,(H,22,23,25);.